The quantitative estimate of drug-likeness (QED) is 0.119. The Kier molecular flexibility index (Phi) is 33.3. The predicted octanol–water partition coefficient (Wildman–Crippen LogP) is 5.19. The van der Waals surface area contributed by atoms with Crippen molar-refractivity contribution in [1.82, 2.24) is 0 Å². The monoisotopic (exact) mass is 436 g/mol. The van der Waals surface area contributed by atoms with E-state index in [9.17, 15) is 9.59 Å². The van der Waals surface area contributed by atoms with Gasteiger partial charge in [-0.15, -0.1) is 0 Å². The number of rotatable bonds is 20. The summed E-state index contributed by atoms with van der Waals surface area (Å²) in [4.78, 5) is 18.9. The molecule has 0 radical (unpaired) electrons. The van der Waals surface area contributed by atoms with Gasteiger partial charge in [0, 0.05) is 0 Å². The minimum absolute atomic E-state index is 0. The van der Waals surface area contributed by atoms with Crippen molar-refractivity contribution < 1.29 is 49.4 Å². The Morgan fingerprint density at radius 3 is 1.07 bits per heavy atom. The average Bonchev–Trinajstić information content (AvgIpc) is 2.65. The summed E-state index contributed by atoms with van der Waals surface area (Å²) in [5, 5.41) is 15.4. The van der Waals surface area contributed by atoms with Gasteiger partial charge in [0.15, 0.2) is 0 Å². The molecule has 0 aliphatic carbocycles. The molecule has 4 nitrogen and oxygen atoms in total. The van der Waals surface area contributed by atoms with Crippen LogP contribution < -0.4 is 29.6 Å². The first-order chi connectivity index (χ1) is 13.9. The maximum absolute atomic E-state index is 9.43. The van der Waals surface area contributed by atoms with Crippen LogP contribution in [0.1, 0.15) is 143 Å². The van der Waals surface area contributed by atoms with Crippen molar-refractivity contribution in [1.29, 1.82) is 0 Å². The molecule has 0 atom stereocenters. The topological polar surface area (TPSA) is 74.6 Å². The van der Waals surface area contributed by atoms with Crippen LogP contribution in [0.3, 0.4) is 0 Å². The summed E-state index contributed by atoms with van der Waals surface area (Å²) in [6, 6.07) is 0. The third kappa shape index (κ3) is 35.4. The van der Waals surface area contributed by atoms with Crippen molar-refractivity contribution in [3.05, 3.63) is 5.92 Å². The van der Waals surface area contributed by atoms with Gasteiger partial charge < -0.3 is 16.1 Å². The number of aliphatic carboxylic acids is 2. The zero-order chi connectivity index (χ0) is 22.2. The van der Waals surface area contributed by atoms with E-state index in [1.54, 1.807) is 5.92 Å². The van der Waals surface area contributed by atoms with E-state index in [0.717, 1.165) is 0 Å². The molecule has 0 heterocycles. The van der Waals surface area contributed by atoms with E-state index in [1.807, 2.05) is 0 Å². The summed E-state index contributed by atoms with van der Waals surface area (Å²) < 4.78 is 0. The van der Waals surface area contributed by atoms with Crippen LogP contribution in [0.5, 0.6) is 0 Å². The standard InChI is InChI=1S/C22H45.C3H4O4.Na/c1-4-6-8-10-12-14-16-18-20-22(3)21-19-17-15-13-11-9-7-5-2;4-2(5)1-3(6)7;/h4-21H2,1-3H3;1H2,(H,4,5)(H,6,7);/q-1;;+1. The van der Waals surface area contributed by atoms with E-state index in [0.29, 0.717) is 0 Å². The van der Waals surface area contributed by atoms with Crippen LogP contribution in [0, 0.1) is 5.92 Å². The van der Waals surface area contributed by atoms with Crippen LogP contribution >= 0.6 is 0 Å². The van der Waals surface area contributed by atoms with Crippen molar-refractivity contribution >= 4 is 11.9 Å². The van der Waals surface area contributed by atoms with Gasteiger partial charge in [0.05, 0.1) is 0 Å². The predicted molar refractivity (Wildman–Crippen MR) is 123 cm³/mol. The first-order valence-corrected chi connectivity index (χ1v) is 12.2. The molecule has 0 aromatic carbocycles. The molecule has 0 aliphatic rings. The molecule has 0 bridgehead atoms. The fourth-order valence-electron chi connectivity index (χ4n) is 3.38. The number of hydrogen-bond donors (Lipinski definition) is 2. The smallest absolute Gasteiger partial charge is 0.481 e. The first-order valence-electron chi connectivity index (χ1n) is 12.2. The Hall–Kier alpha value is -0.0600. The molecular formula is C25H49NaO4. The van der Waals surface area contributed by atoms with Crippen molar-refractivity contribution in [3.63, 3.8) is 0 Å². The van der Waals surface area contributed by atoms with Crippen LogP contribution in [0.25, 0.3) is 0 Å². The van der Waals surface area contributed by atoms with Crippen LogP contribution in [-0.4, -0.2) is 22.2 Å². The summed E-state index contributed by atoms with van der Waals surface area (Å²) in [5.41, 5.74) is 0. The minimum atomic E-state index is -1.31. The van der Waals surface area contributed by atoms with E-state index in [2.05, 4.69) is 20.8 Å². The molecule has 30 heavy (non-hydrogen) atoms. The summed E-state index contributed by atoms with van der Waals surface area (Å²) in [6.45, 7) is 6.98. The number of hydrogen-bond acceptors (Lipinski definition) is 2. The molecular weight excluding hydrogens is 387 g/mol. The first kappa shape index (κ1) is 34.6. The van der Waals surface area contributed by atoms with Crippen molar-refractivity contribution in [2.24, 2.45) is 0 Å². The molecule has 0 aliphatic heterocycles. The molecule has 0 rings (SSSR count). The van der Waals surface area contributed by atoms with Crippen molar-refractivity contribution in [2.75, 3.05) is 0 Å². The Morgan fingerprint density at radius 2 is 0.833 bits per heavy atom. The minimum Gasteiger partial charge on any atom is -0.481 e. The van der Waals surface area contributed by atoms with E-state index < -0.39 is 18.4 Å². The van der Waals surface area contributed by atoms with Gasteiger partial charge in [-0.1, -0.05) is 117 Å². The van der Waals surface area contributed by atoms with Gasteiger partial charge >= 0.3 is 41.5 Å². The molecule has 0 saturated carbocycles. The number of unbranched alkanes of at least 4 members (excludes halogenated alkanes) is 14. The fourth-order valence-corrected chi connectivity index (χ4v) is 3.38. The van der Waals surface area contributed by atoms with Crippen LogP contribution in [0.4, 0.5) is 0 Å². The Morgan fingerprint density at radius 1 is 0.567 bits per heavy atom. The second-order valence-corrected chi connectivity index (χ2v) is 8.37. The van der Waals surface area contributed by atoms with Crippen LogP contribution in [0.15, 0.2) is 0 Å². The molecule has 0 aromatic heterocycles. The molecule has 0 amide bonds. The van der Waals surface area contributed by atoms with E-state index in [-0.39, 0.29) is 29.6 Å². The molecule has 0 aromatic rings. The van der Waals surface area contributed by atoms with Gasteiger partial charge in [-0.05, 0) is 0 Å². The zero-order valence-electron chi connectivity index (χ0n) is 20.6. The second-order valence-electron chi connectivity index (χ2n) is 8.37. The third-order valence-corrected chi connectivity index (χ3v) is 5.22. The van der Waals surface area contributed by atoms with Gasteiger partial charge in [0.1, 0.15) is 6.42 Å². The van der Waals surface area contributed by atoms with Gasteiger partial charge in [-0.25, -0.2) is 0 Å². The molecule has 0 saturated heterocycles. The van der Waals surface area contributed by atoms with Gasteiger partial charge in [-0.2, -0.15) is 19.8 Å². The molecule has 0 spiro atoms. The van der Waals surface area contributed by atoms with Crippen LogP contribution in [0.2, 0.25) is 0 Å². The summed E-state index contributed by atoms with van der Waals surface area (Å²) in [6.07, 6.45) is 25.1. The number of carbonyl (C=O) groups is 2. The Labute approximate surface area is 209 Å². The number of carboxylic acids is 2. The summed E-state index contributed by atoms with van der Waals surface area (Å²) in [5.74, 6) is -0.864. The Bertz CT molecular complexity index is 329. The number of carboxylic acid groups (broad SMARTS) is 2. The zero-order valence-corrected chi connectivity index (χ0v) is 22.6. The van der Waals surface area contributed by atoms with Gasteiger partial charge in [0.25, 0.3) is 0 Å². The van der Waals surface area contributed by atoms with Crippen molar-refractivity contribution in [3.8, 4) is 0 Å². The molecule has 0 fully saturated rings. The molecule has 5 heteroatoms. The molecule has 0 unspecified atom stereocenters. The van der Waals surface area contributed by atoms with E-state index >= 15 is 0 Å². The van der Waals surface area contributed by atoms with E-state index in [1.165, 1.54) is 116 Å². The van der Waals surface area contributed by atoms with Crippen LogP contribution in [-0.2, 0) is 9.59 Å². The second kappa shape index (κ2) is 28.9. The van der Waals surface area contributed by atoms with E-state index in [4.69, 9.17) is 10.2 Å². The normalized spacial score (nSPS) is 10.3. The summed E-state index contributed by atoms with van der Waals surface area (Å²) >= 11 is 0. The maximum atomic E-state index is 9.43. The third-order valence-electron chi connectivity index (χ3n) is 5.22. The average molecular weight is 437 g/mol. The SMILES string of the molecule is CCCCCCCCCC[C-](C)CCCCCCCCCC.O=C(O)CC(=O)O.[Na+]. The summed E-state index contributed by atoms with van der Waals surface area (Å²) in [7, 11) is 0. The molecule has 2 N–H and O–H groups in total. The largest absolute Gasteiger partial charge is 1.00 e. The fraction of sp³-hybridized carbons (Fsp3) is 0.880. The van der Waals surface area contributed by atoms with Crippen molar-refractivity contribution in [2.45, 2.75) is 143 Å². The molecule has 174 valence electrons. The van der Waals surface area contributed by atoms with Gasteiger partial charge in [-0.3, -0.25) is 9.59 Å². The maximum Gasteiger partial charge on any atom is 1.00 e. The Balaban J connectivity index is -0.000000779. The van der Waals surface area contributed by atoms with Gasteiger partial charge in [0.2, 0.25) is 0 Å².